The molecule has 0 aromatic carbocycles. The molecule has 0 bridgehead atoms. The SMILES string of the molecule is O=C(O)C1CCSC(C2CC2)N1. The van der Waals surface area contributed by atoms with Crippen molar-refractivity contribution in [3.05, 3.63) is 0 Å². The van der Waals surface area contributed by atoms with Crippen molar-refractivity contribution >= 4 is 17.7 Å². The van der Waals surface area contributed by atoms with Gasteiger partial charge in [-0.1, -0.05) is 0 Å². The first-order valence-corrected chi connectivity index (χ1v) is 5.42. The van der Waals surface area contributed by atoms with Gasteiger partial charge in [0.05, 0.1) is 5.37 Å². The first kappa shape index (κ1) is 8.38. The van der Waals surface area contributed by atoms with E-state index in [1.807, 2.05) is 11.8 Å². The molecule has 0 aromatic heterocycles. The Kier molecular flexibility index (Phi) is 2.28. The van der Waals surface area contributed by atoms with Crippen LogP contribution in [0.25, 0.3) is 0 Å². The quantitative estimate of drug-likeness (QED) is 0.674. The van der Waals surface area contributed by atoms with Crippen molar-refractivity contribution in [1.29, 1.82) is 0 Å². The maximum Gasteiger partial charge on any atom is 0.320 e. The lowest BCUT2D eigenvalue weighted by Gasteiger charge is -2.27. The standard InChI is InChI=1S/C8H13NO2S/c10-8(11)6-3-4-12-7(9-6)5-1-2-5/h5-7,9H,1-4H2,(H,10,11). The van der Waals surface area contributed by atoms with Crippen LogP contribution < -0.4 is 5.32 Å². The number of nitrogens with one attached hydrogen (secondary N) is 1. The summed E-state index contributed by atoms with van der Waals surface area (Å²) in [6, 6.07) is -0.295. The number of carboxylic acid groups (broad SMARTS) is 1. The van der Waals surface area contributed by atoms with E-state index in [0.29, 0.717) is 5.37 Å². The van der Waals surface area contributed by atoms with Gasteiger partial charge in [-0.3, -0.25) is 10.1 Å². The van der Waals surface area contributed by atoms with Gasteiger partial charge >= 0.3 is 5.97 Å². The molecule has 2 unspecified atom stereocenters. The molecule has 1 saturated carbocycles. The summed E-state index contributed by atoms with van der Waals surface area (Å²) in [5.41, 5.74) is 0. The van der Waals surface area contributed by atoms with Crippen LogP contribution in [0.2, 0.25) is 0 Å². The minimum Gasteiger partial charge on any atom is -0.480 e. The molecule has 2 aliphatic rings. The largest absolute Gasteiger partial charge is 0.480 e. The summed E-state index contributed by atoms with van der Waals surface area (Å²) in [4.78, 5) is 10.7. The summed E-state index contributed by atoms with van der Waals surface area (Å²) < 4.78 is 0. The number of rotatable bonds is 2. The Bertz CT molecular complexity index is 193. The molecule has 0 spiro atoms. The predicted octanol–water partition coefficient (Wildman–Crippen LogP) is 0.902. The monoisotopic (exact) mass is 187 g/mol. The number of hydrogen-bond acceptors (Lipinski definition) is 3. The maximum absolute atomic E-state index is 10.7. The van der Waals surface area contributed by atoms with Gasteiger partial charge in [-0.2, -0.15) is 0 Å². The molecule has 1 heterocycles. The van der Waals surface area contributed by atoms with Crippen LogP contribution in [0.1, 0.15) is 19.3 Å². The van der Waals surface area contributed by atoms with E-state index in [2.05, 4.69) is 5.32 Å². The fraction of sp³-hybridized carbons (Fsp3) is 0.875. The van der Waals surface area contributed by atoms with Gasteiger partial charge in [0, 0.05) is 0 Å². The van der Waals surface area contributed by atoms with Crippen molar-refractivity contribution in [3.8, 4) is 0 Å². The molecule has 1 aliphatic heterocycles. The zero-order valence-electron chi connectivity index (χ0n) is 6.82. The highest BCUT2D eigenvalue weighted by atomic mass is 32.2. The van der Waals surface area contributed by atoms with Gasteiger partial charge in [-0.05, 0) is 30.9 Å². The molecular weight excluding hydrogens is 174 g/mol. The Morgan fingerprint density at radius 2 is 2.17 bits per heavy atom. The Morgan fingerprint density at radius 1 is 1.42 bits per heavy atom. The molecule has 68 valence electrons. The third-order valence-electron chi connectivity index (χ3n) is 2.42. The topological polar surface area (TPSA) is 49.3 Å². The van der Waals surface area contributed by atoms with E-state index in [-0.39, 0.29) is 6.04 Å². The molecule has 1 saturated heterocycles. The van der Waals surface area contributed by atoms with Gasteiger partial charge in [0.1, 0.15) is 6.04 Å². The first-order valence-electron chi connectivity index (χ1n) is 4.38. The third-order valence-corrected chi connectivity index (χ3v) is 3.77. The molecule has 0 radical (unpaired) electrons. The number of carboxylic acids is 1. The molecule has 0 amide bonds. The van der Waals surface area contributed by atoms with Crippen LogP contribution in [0.3, 0.4) is 0 Å². The molecule has 2 N–H and O–H groups in total. The molecule has 0 aromatic rings. The number of carbonyl (C=O) groups is 1. The predicted molar refractivity (Wildman–Crippen MR) is 48.1 cm³/mol. The van der Waals surface area contributed by atoms with Crippen LogP contribution in [-0.2, 0) is 4.79 Å². The van der Waals surface area contributed by atoms with E-state index in [1.54, 1.807) is 0 Å². The Morgan fingerprint density at radius 3 is 2.75 bits per heavy atom. The zero-order valence-corrected chi connectivity index (χ0v) is 7.64. The number of thioether (sulfide) groups is 1. The Hall–Kier alpha value is -0.220. The molecular formula is C8H13NO2S. The highest BCUT2D eigenvalue weighted by Crippen LogP contribution is 2.39. The number of hydrogen-bond donors (Lipinski definition) is 2. The average molecular weight is 187 g/mol. The van der Waals surface area contributed by atoms with Crippen molar-refractivity contribution in [2.75, 3.05) is 5.75 Å². The van der Waals surface area contributed by atoms with Crippen LogP contribution in [-0.4, -0.2) is 28.2 Å². The second-order valence-electron chi connectivity index (χ2n) is 3.47. The van der Waals surface area contributed by atoms with E-state index >= 15 is 0 Å². The smallest absolute Gasteiger partial charge is 0.320 e. The van der Waals surface area contributed by atoms with Crippen LogP contribution in [0.4, 0.5) is 0 Å². The summed E-state index contributed by atoms with van der Waals surface area (Å²) in [6.45, 7) is 0. The molecule has 1 aliphatic carbocycles. The van der Waals surface area contributed by atoms with E-state index in [4.69, 9.17) is 5.11 Å². The van der Waals surface area contributed by atoms with Gasteiger partial charge in [0.15, 0.2) is 0 Å². The van der Waals surface area contributed by atoms with Gasteiger partial charge in [-0.15, -0.1) is 11.8 Å². The van der Waals surface area contributed by atoms with Crippen LogP contribution in [0.5, 0.6) is 0 Å². The van der Waals surface area contributed by atoms with Crippen molar-refractivity contribution in [1.82, 2.24) is 5.32 Å². The molecule has 2 fully saturated rings. The normalized spacial score (nSPS) is 36.3. The Balaban J connectivity index is 1.89. The number of aliphatic carboxylic acids is 1. The molecule has 12 heavy (non-hydrogen) atoms. The summed E-state index contributed by atoms with van der Waals surface area (Å²) in [5.74, 6) is 1.05. The first-order chi connectivity index (χ1) is 5.77. The van der Waals surface area contributed by atoms with Crippen molar-refractivity contribution in [2.45, 2.75) is 30.7 Å². The Labute approximate surface area is 75.9 Å². The van der Waals surface area contributed by atoms with E-state index in [1.165, 1.54) is 12.8 Å². The summed E-state index contributed by atoms with van der Waals surface area (Å²) in [5, 5.41) is 12.4. The van der Waals surface area contributed by atoms with Gasteiger partial charge in [0.25, 0.3) is 0 Å². The minimum atomic E-state index is -0.694. The summed E-state index contributed by atoms with van der Waals surface area (Å²) >= 11 is 1.88. The molecule has 2 rings (SSSR count). The van der Waals surface area contributed by atoms with Crippen LogP contribution in [0, 0.1) is 5.92 Å². The van der Waals surface area contributed by atoms with Crippen molar-refractivity contribution in [3.63, 3.8) is 0 Å². The fourth-order valence-corrected chi connectivity index (χ4v) is 2.94. The second-order valence-corrected chi connectivity index (χ2v) is 4.72. The van der Waals surface area contributed by atoms with Gasteiger partial charge in [-0.25, -0.2) is 0 Å². The summed E-state index contributed by atoms with van der Waals surface area (Å²) in [6.07, 6.45) is 3.32. The highest BCUT2D eigenvalue weighted by Gasteiger charge is 2.36. The van der Waals surface area contributed by atoms with Crippen LogP contribution >= 0.6 is 11.8 Å². The summed E-state index contributed by atoms with van der Waals surface area (Å²) in [7, 11) is 0. The third kappa shape index (κ3) is 1.75. The zero-order chi connectivity index (χ0) is 8.55. The maximum atomic E-state index is 10.7. The molecule has 3 nitrogen and oxygen atoms in total. The second kappa shape index (κ2) is 3.26. The van der Waals surface area contributed by atoms with Crippen molar-refractivity contribution < 1.29 is 9.90 Å². The van der Waals surface area contributed by atoms with Crippen molar-refractivity contribution in [2.24, 2.45) is 5.92 Å². The average Bonchev–Trinajstić information content (AvgIpc) is 2.87. The van der Waals surface area contributed by atoms with Gasteiger partial charge in [0.2, 0.25) is 0 Å². The molecule has 2 atom stereocenters. The molecule has 4 heteroatoms. The lowest BCUT2D eigenvalue weighted by Crippen LogP contribution is -2.46. The lowest BCUT2D eigenvalue weighted by molar-refractivity contribution is -0.139. The van der Waals surface area contributed by atoms with Crippen LogP contribution in [0.15, 0.2) is 0 Å². The minimum absolute atomic E-state index is 0.295. The van der Waals surface area contributed by atoms with E-state index in [9.17, 15) is 4.79 Å². The fourth-order valence-electron chi connectivity index (χ4n) is 1.51. The van der Waals surface area contributed by atoms with E-state index < -0.39 is 5.97 Å². The lowest BCUT2D eigenvalue weighted by atomic mass is 10.2. The highest BCUT2D eigenvalue weighted by molar-refractivity contribution is 7.99. The van der Waals surface area contributed by atoms with Gasteiger partial charge < -0.3 is 5.11 Å². The van der Waals surface area contributed by atoms with E-state index in [0.717, 1.165) is 18.1 Å².